The van der Waals surface area contributed by atoms with Gasteiger partial charge in [0.05, 0.1) is 18.3 Å². The number of aliphatic hydroxyl groups excluding tert-OH is 4. The number of hydrogen-bond donors (Lipinski definition) is 5. The first-order chi connectivity index (χ1) is 13.9. The van der Waals surface area contributed by atoms with Crippen LogP contribution in [0.3, 0.4) is 0 Å². The summed E-state index contributed by atoms with van der Waals surface area (Å²) in [5.41, 5.74) is 0. The molecule has 7 heteroatoms. The molecule has 1 aromatic rings. The van der Waals surface area contributed by atoms with Crippen molar-refractivity contribution in [1.82, 2.24) is 0 Å². The highest BCUT2D eigenvalue weighted by Gasteiger charge is 2.40. The molecular formula is C22H33ClO6. The van der Waals surface area contributed by atoms with E-state index in [9.17, 15) is 20.4 Å². The van der Waals surface area contributed by atoms with E-state index in [2.05, 4.69) is 6.08 Å². The lowest BCUT2D eigenvalue weighted by atomic mass is 9.86. The number of benzene rings is 1. The zero-order chi connectivity index (χ0) is 21.2. The summed E-state index contributed by atoms with van der Waals surface area (Å²) < 4.78 is 5.50. The Balaban J connectivity index is 1.78. The number of phenolic OH excluding ortho intramolecular Hbond substituents is 1. The van der Waals surface area contributed by atoms with Crippen LogP contribution in [0.2, 0.25) is 5.02 Å². The van der Waals surface area contributed by atoms with E-state index in [0.717, 1.165) is 19.3 Å². The van der Waals surface area contributed by atoms with Gasteiger partial charge < -0.3 is 30.3 Å². The minimum absolute atomic E-state index is 0.00249. The van der Waals surface area contributed by atoms with Crippen molar-refractivity contribution in [2.24, 2.45) is 11.8 Å². The summed E-state index contributed by atoms with van der Waals surface area (Å²) in [5.74, 6) is 0.279. The van der Waals surface area contributed by atoms with Gasteiger partial charge in [0.15, 0.2) is 0 Å². The number of allylic oxidation sites excluding steroid dienone is 2. The molecule has 1 aromatic carbocycles. The van der Waals surface area contributed by atoms with Crippen LogP contribution in [0, 0.1) is 11.8 Å². The molecule has 29 heavy (non-hydrogen) atoms. The average Bonchev–Trinajstić information content (AvgIpc) is 2.93. The standard InChI is InChI=1S/C22H33ClO6/c23-15-10-17(26)12-18(11-15)29-14-16(25)7-8-20-19(21(27)13-22(20)28)6-4-2-1-3-5-9-24/h2,4,10-12,16,19-22,24-28H,1,3,5-9,13-14H2/b4-2-/t16-,19-,20-,21+,22-/m1/s1. The van der Waals surface area contributed by atoms with Crippen LogP contribution in [0.25, 0.3) is 0 Å². The molecule has 5 N–H and O–H groups in total. The minimum Gasteiger partial charge on any atom is -0.508 e. The van der Waals surface area contributed by atoms with Crippen molar-refractivity contribution < 1.29 is 30.3 Å². The SMILES string of the molecule is OCCCC/C=C\C[C@@H]1[C@@H](CC[C@@H](O)COc2cc(O)cc(Cl)c2)[C@H](O)C[C@@H]1O. The number of unbranched alkanes of at least 4 members (excludes halogenated alkanes) is 2. The zero-order valence-corrected chi connectivity index (χ0v) is 17.4. The maximum Gasteiger partial charge on any atom is 0.124 e. The average molecular weight is 429 g/mol. The van der Waals surface area contributed by atoms with Crippen LogP contribution in [-0.4, -0.2) is 57.1 Å². The Kier molecular flexibility index (Phi) is 10.2. The first kappa shape index (κ1) is 24.0. The van der Waals surface area contributed by atoms with Crippen molar-refractivity contribution in [1.29, 1.82) is 0 Å². The number of aliphatic hydroxyl groups is 4. The number of ether oxygens (including phenoxy) is 1. The fraction of sp³-hybridized carbons (Fsp3) is 0.636. The second-order valence-electron chi connectivity index (χ2n) is 7.81. The Morgan fingerprint density at radius 3 is 2.59 bits per heavy atom. The van der Waals surface area contributed by atoms with Gasteiger partial charge in [-0.25, -0.2) is 0 Å². The van der Waals surface area contributed by atoms with Crippen molar-refractivity contribution in [3.8, 4) is 11.5 Å². The maximum absolute atomic E-state index is 10.3. The second-order valence-corrected chi connectivity index (χ2v) is 8.25. The van der Waals surface area contributed by atoms with Crippen molar-refractivity contribution in [3.63, 3.8) is 0 Å². The molecule has 2 rings (SSSR count). The zero-order valence-electron chi connectivity index (χ0n) is 16.7. The van der Waals surface area contributed by atoms with Gasteiger partial charge in [-0.3, -0.25) is 0 Å². The van der Waals surface area contributed by atoms with E-state index < -0.39 is 18.3 Å². The third kappa shape index (κ3) is 8.15. The molecule has 0 aliphatic heterocycles. The van der Waals surface area contributed by atoms with E-state index in [1.165, 1.54) is 12.1 Å². The molecular weight excluding hydrogens is 396 g/mol. The largest absolute Gasteiger partial charge is 0.508 e. The molecule has 0 saturated heterocycles. The molecule has 0 radical (unpaired) electrons. The lowest BCUT2D eigenvalue weighted by molar-refractivity contribution is 0.0669. The van der Waals surface area contributed by atoms with Crippen LogP contribution in [0.5, 0.6) is 11.5 Å². The minimum atomic E-state index is -0.726. The molecule has 0 unspecified atom stereocenters. The smallest absolute Gasteiger partial charge is 0.124 e. The molecule has 0 spiro atoms. The summed E-state index contributed by atoms with van der Waals surface area (Å²) in [6, 6.07) is 4.39. The number of aromatic hydroxyl groups is 1. The summed E-state index contributed by atoms with van der Waals surface area (Å²) in [4.78, 5) is 0. The predicted octanol–water partition coefficient (Wildman–Crippen LogP) is 3.03. The highest BCUT2D eigenvalue weighted by molar-refractivity contribution is 6.30. The van der Waals surface area contributed by atoms with E-state index in [4.69, 9.17) is 21.4 Å². The molecule has 1 saturated carbocycles. The third-order valence-corrected chi connectivity index (χ3v) is 5.73. The number of rotatable bonds is 12. The van der Waals surface area contributed by atoms with Crippen molar-refractivity contribution in [2.45, 2.75) is 63.3 Å². The van der Waals surface area contributed by atoms with Gasteiger partial charge in [-0.2, -0.15) is 0 Å². The fourth-order valence-corrected chi connectivity index (χ4v) is 4.16. The Morgan fingerprint density at radius 2 is 1.86 bits per heavy atom. The van der Waals surface area contributed by atoms with E-state index in [0.29, 0.717) is 36.5 Å². The second kappa shape index (κ2) is 12.4. The molecule has 1 aliphatic carbocycles. The topological polar surface area (TPSA) is 110 Å². The molecule has 0 heterocycles. The van der Waals surface area contributed by atoms with Gasteiger partial charge in [0.1, 0.15) is 18.1 Å². The third-order valence-electron chi connectivity index (χ3n) is 5.51. The number of hydrogen-bond acceptors (Lipinski definition) is 6. The Morgan fingerprint density at radius 1 is 1.10 bits per heavy atom. The molecule has 0 aromatic heterocycles. The van der Waals surface area contributed by atoms with Crippen molar-refractivity contribution in [2.75, 3.05) is 13.2 Å². The lowest BCUT2D eigenvalue weighted by Gasteiger charge is -2.23. The van der Waals surface area contributed by atoms with Crippen molar-refractivity contribution in [3.05, 3.63) is 35.4 Å². The van der Waals surface area contributed by atoms with Crippen LogP contribution in [0.1, 0.15) is 44.9 Å². The molecule has 1 fully saturated rings. The Labute approximate surface area is 177 Å². The Hall–Kier alpha value is -1.31. The normalized spacial score (nSPS) is 25.6. The lowest BCUT2D eigenvalue weighted by Crippen LogP contribution is -2.25. The van der Waals surface area contributed by atoms with Crippen LogP contribution < -0.4 is 4.74 Å². The summed E-state index contributed by atoms with van der Waals surface area (Å²) in [6.07, 6.45) is 6.96. The monoisotopic (exact) mass is 428 g/mol. The van der Waals surface area contributed by atoms with Gasteiger partial charge in [0, 0.05) is 17.7 Å². The van der Waals surface area contributed by atoms with Crippen LogP contribution in [0.15, 0.2) is 30.4 Å². The van der Waals surface area contributed by atoms with Crippen LogP contribution in [0.4, 0.5) is 0 Å². The van der Waals surface area contributed by atoms with Gasteiger partial charge in [0.2, 0.25) is 0 Å². The fourth-order valence-electron chi connectivity index (χ4n) is 3.94. The molecule has 5 atom stereocenters. The molecule has 0 bridgehead atoms. The van der Waals surface area contributed by atoms with Gasteiger partial charge >= 0.3 is 0 Å². The highest BCUT2D eigenvalue weighted by atomic mass is 35.5. The summed E-state index contributed by atoms with van der Waals surface area (Å²) in [5, 5.41) is 49.5. The molecule has 1 aliphatic rings. The molecule has 0 amide bonds. The Bertz CT molecular complexity index is 617. The summed E-state index contributed by atoms with van der Waals surface area (Å²) in [7, 11) is 0. The van der Waals surface area contributed by atoms with Gasteiger partial charge in [-0.05, 0) is 68.9 Å². The van der Waals surface area contributed by atoms with Gasteiger partial charge in [-0.1, -0.05) is 23.8 Å². The quantitative estimate of drug-likeness (QED) is 0.258. The van der Waals surface area contributed by atoms with E-state index in [-0.39, 0.29) is 30.8 Å². The van der Waals surface area contributed by atoms with Crippen LogP contribution in [-0.2, 0) is 0 Å². The van der Waals surface area contributed by atoms with Gasteiger partial charge in [0.25, 0.3) is 0 Å². The van der Waals surface area contributed by atoms with Crippen LogP contribution >= 0.6 is 11.6 Å². The van der Waals surface area contributed by atoms with Crippen molar-refractivity contribution >= 4 is 11.6 Å². The first-order valence-electron chi connectivity index (χ1n) is 10.3. The van der Waals surface area contributed by atoms with E-state index >= 15 is 0 Å². The van der Waals surface area contributed by atoms with Gasteiger partial charge in [-0.15, -0.1) is 0 Å². The molecule has 6 nitrogen and oxygen atoms in total. The van der Waals surface area contributed by atoms with E-state index in [1.54, 1.807) is 6.07 Å². The highest BCUT2D eigenvalue weighted by Crippen LogP contribution is 2.38. The molecule has 164 valence electrons. The van der Waals surface area contributed by atoms with E-state index in [1.807, 2.05) is 6.08 Å². The maximum atomic E-state index is 10.3. The number of halogens is 1. The summed E-state index contributed by atoms with van der Waals surface area (Å²) in [6.45, 7) is 0.258. The number of phenols is 1. The predicted molar refractivity (Wildman–Crippen MR) is 112 cm³/mol. The first-order valence-corrected chi connectivity index (χ1v) is 10.7. The summed E-state index contributed by atoms with van der Waals surface area (Å²) >= 11 is 5.86.